The van der Waals surface area contributed by atoms with E-state index in [1.54, 1.807) is 6.08 Å². The van der Waals surface area contributed by atoms with E-state index in [9.17, 15) is 9.67 Å². The smallest absolute Gasteiger partial charge is 0.329 e. The molecule has 0 bridgehead atoms. The van der Waals surface area contributed by atoms with Crippen LogP contribution in [0.25, 0.3) is 0 Å². The monoisotopic (exact) mass is 300 g/mol. The third-order valence-corrected chi connectivity index (χ3v) is 4.52. The molecule has 1 aliphatic carbocycles. The van der Waals surface area contributed by atoms with Crippen molar-refractivity contribution in [3.63, 3.8) is 0 Å². The van der Waals surface area contributed by atoms with E-state index >= 15 is 0 Å². The largest absolute Gasteiger partial charge is 0.389 e. The molecule has 0 amide bonds. The van der Waals surface area contributed by atoms with Gasteiger partial charge in [-0.25, -0.2) is 0 Å². The highest BCUT2D eigenvalue weighted by molar-refractivity contribution is 7.51. The zero-order valence-electron chi connectivity index (χ0n) is 12.6. The van der Waals surface area contributed by atoms with Gasteiger partial charge < -0.3 is 14.9 Å². The van der Waals surface area contributed by atoms with E-state index in [1.165, 1.54) is 0 Å². The first-order chi connectivity index (χ1) is 9.03. The van der Waals surface area contributed by atoms with E-state index < -0.39 is 7.60 Å². The lowest BCUT2D eigenvalue weighted by Gasteiger charge is -2.35. The Morgan fingerprint density at radius 2 is 2.05 bits per heavy atom. The third kappa shape index (κ3) is 5.02. The van der Waals surface area contributed by atoms with Gasteiger partial charge in [-0.05, 0) is 43.3 Å². The molecule has 0 heterocycles. The fraction of sp³-hybridized carbons (Fsp3) is 0.600. The molecule has 114 valence electrons. The Bertz CT molecular complexity index is 494. The number of aliphatic hydroxyl groups excluding tert-OH is 1. The second kappa shape index (κ2) is 6.40. The van der Waals surface area contributed by atoms with Gasteiger partial charge in [-0.3, -0.25) is 4.57 Å². The Kier molecular flexibility index (Phi) is 5.56. The zero-order chi connectivity index (χ0) is 15.6. The van der Waals surface area contributed by atoms with Crippen LogP contribution in [-0.2, 0) is 4.57 Å². The van der Waals surface area contributed by atoms with Crippen molar-refractivity contribution in [2.24, 2.45) is 5.41 Å². The summed E-state index contributed by atoms with van der Waals surface area (Å²) in [6.45, 7) is 8.06. The fourth-order valence-corrected chi connectivity index (χ4v) is 2.99. The lowest BCUT2D eigenvalue weighted by atomic mass is 9.71. The molecule has 0 aromatic rings. The predicted molar refractivity (Wildman–Crippen MR) is 81.5 cm³/mol. The summed E-state index contributed by atoms with van der Waals surface area (Å²) in [4.78, 5) is 17.7. The maximum absolute atomic E-state index is 10.8. The normalized spacial score (nSPS) is 24.6. The number of rotatable bonds is 4. The lowest BCUT2D eigenvalue weighted by Crippen LogP contribution is -2.27. The highest BCUT2D eigenvalue weighted by Gasteiger charge is 2.30. The average molecular weight is 300 g/mol. The molecule has 0 radical (unpaired) electrons. The first kappa shape index (κ1) is 17.4. The van der Waals surface area contributed by atoms with Crippen LogP contribution in [-0.4, -0.2) is 27.2 Å². The van der Waals surface area contributed by atoms with Crippen molar-refractivity contribution < 1.29 is 19.5 Å². The molecule has 4 nitrogen and oxygen atoms in total. The number of aliphatic hydroxyl groups is 1. The van der Waals surface area contributed by atoms with Gasteiger partial charge in [0.1, 0.15) is 0 Å². The molecule has 20 heavy (non-hydrogen) atoms. The molecule has 0 saturated carbocycles. The van der Waals surface area contributed by atoms with Crippen molar-refractivity contribution in [1.29, 1.82) is 0 Å². The van der Waals surface area contributed by atoms with E-state index in [4.69, 9.17) is 9.79 Å². The van der Waals surface area contributed by atoms with Gasteiger partial charge in [0.15, 0.2) is 0 Å². The van der Waals surface area contributed by atoms with Crippen LogP contribution in [0.5, 0.6) is 0 Å². The first-order valence-electron chi connectivity index (χ1n) is 6.82. The number of hydrogen-bond acceptors (Lipinski definition) is 2. The van der Waals surface area contributed by atoms with Crippen LogP contribution < -0.4 is 0 Å². The summed E-state index contributed by atoms with van der Waals surface area (Å²) >= 11 is 0. The first-order valence-corrected chi connectivity index (χ1v) is 8.61. The minimum absolute atomic E-state index is 0.0172. The zero-order valence-corrected chi connectivity index (χ0v) is 13.5. The molecule has 0 spiro atoms. The van der Waals surface area contributed by atoms with Crippen LogP contribution in [0, 0.1) is 5.41 Å². The molecule has 0 saturated heterocycles. The maximum atomic E-state index is 10.8. The van der Waals surface area contributed by atoms with Crippen molar-refractivity contribution in [1.82, 2.24) is 0 Å². The van der Waals surface area contributed by atoms with Crippen LogP contribution in [0.1, 0.15) is 40.5 Å². The Morgan fingerprint density at radius 3 is 2.60 bits per heavy atom. The Hall–Kier alpha value is -0.670. The van der Waals surface area contributed by atoms with Crippen LogP contribution in [0.15, 0.2) is 34.9 Å². The molecular weight excluding hydrogens is 275 g/mol. The highest BCUT2D eigenvalue weighted by Crippen LogP contribution is 2.41. The SMILES string of the molecule is CC(C=CC1=C(C)C(O)CCC1(C)C)=CCP(=O)(O)O. The van der Waals surface area contributed by atoms with E-state index in [2.05, 4.69) is 13.8 Å². The number of hydrogen-bond donors (Lipinski definition) is 3. The third-order valence-electron chi connectivity index (χ3n) is 3.86. The molecule has 1 atom stereocenters. The molecular formula is C15H25O4P. The molecule has 1 rings (SSSR count). The van der Waals surface area contributed by atoms with Crippen molar-refractivity contribution in [2.45, 2.75) is 46.6 Å². The molecule has 5 heteroatoms. The highest BCUT2D eigenvalue weighted by atomic mass is 31.2. The molecule has 1 unspecified atom stereocenters. The van der Waals surface area contributed by atoms with Crippen molar-refractivity contribution in [3.8, 4) is 0 Å². The fourth-order valence-electron chi connectivity index (χ4n) is 2.46. The predicted octanol–water partition coefficient (Wildman–Crippen LogP) is 3.16. The summed E-state index contributed by atoms with van der Waals surface area (Å²) in [6, 6.07) is 0. The second-order valence-electron chi connectivity index (χ2n) is 6.16. The maximum Gasteiger partial charge on any atom is 0.329 e. The van der Waals surface area contributed by atoms with Crippen molar-refractivity contribution >= 4 is 7.60 Å². The van der Waals surface area contributed by atoms with E-state index in [-0.39, 0.29) is 17.7 Å². The van der Waals surface area contributed by atoms with Gasteiger partial charge in [0.05, 0.1) is 12.3 Å². The van der Waals surface area contributed by atoms with Gasteiger partial charge >= 0.3 is 7.60 Å². The number of allylic oxidation sites excluding steroid dienone is 5. The van der Waals surface area contributed by atoms with Gasteiger partial charge in [-0.2, -0.15) is 0 Å². The summed E-state index contributed by atoms with van der Waals surface area (Å²) < 4.78 is 10.8. The summed E-state index contributed by atoms with van der Waals surface area (Å²) in [5.74, 6) is 0. The molecule has 1 aliphatic rings. The molecule has 0 aromatic carbocycles. The second-order valence-corrected chi connectivity index (χ2v) is 7.86. The van der Waals surface area contributed by atoms with Gasteiger partial charge in [0.2, 0.25) is 0 Å². The van der Waals surface area contributed by atoms with Crippen LogP contribution in [0.4, 0.5) is 0 Å². The topological polar surface area (TPSA) is 77.8 Å². The Labute approximate surface area is 121 Å². The van der Waals surface area contributed by atoms with Crippen molar-refractivity contribution in [2.75, 3.05) is 6.16 Å². The summed E-state index contributed by atoms with van der Waals surface area (Å²) in [6.07, 6.45) is 6.44. The lowest BCUT2D eigenvalue weighted by molar-refractivity contribution is 0.163. The average Bonchev–Trinajstić information content (AvgIpc) is 2.31. The van der Waals surface area contributed by atoms with Gasteiger partial charge in [-0.1, -0.05) is 37.6 Å². The molecule has 0 aromatic heterocycles. The Balaban J connectivity index is 2.92. The van der Waals surface area contributed by atoms with E-state index in [0.29, 0.717) is 0 Å². The van der Waals surface area contributed by atoms with Crippen molar-refractivity contribution in [3.05, 3.63) is 34.9 Å². The van der Waals surface area contributed by atoms with Gasteiger partial charge in [-0.15, -0.1) is 0 Å². The van der Waals surface area contributed by atoms with Gasteiger partial charge in [0, 0.05) is 0 Å². The molecule has 0 fully saturated rings. The summed E-state index contributed by atoms with van der Waals surface area (Å²) in [5, 5.41) is 9.95. The van der Waals surface area contributed by atoms with Crippen LogP contribution >= 0.6 is 7.60 Å². The molecule has 0 aliphatic heterocycles. The molecule has 3 N–H and O–H groups in total. The minimum atomic E-state index is -3.99. The van der Waals surface area contributed by atoms with Crippen LogP contribution in [0.3, 0.4) is 0 Å². The quantitative estimate of drug-likeness (QED) is 0.550. The standard InChI is InChI=1S/C15H25O4P/c1-11(8-10-20(17,18)19)5-6-13-12(2)14(16)7-9-15(13,3)4/h5-6,8,14,16H,7,9-10H2,1-4H3,(H2,17,18,19). The van der Waals surface area contributed by atoms with Crippen LogP contribution in [0.2, 0.25) is 0 Å². The minimum Gasteiger partial charge on any atom is -0.389 e. The van der Waals surface area contributed by atoms with E-state index in [1.807, 2.05) is 26.0 Å². The summed E-state index contributed by atoms with van der Waals surface area (Å²) in [7, 11) is -3.99. The van der Waals surface area contributed by atoms with Gasteiger partial charge in [0.25, 0.3) is 0 Å². The van der Waals surface area contributed by atoms with E-state index in [0.717, 1.165) is 29.6 Å². The Morgan fingerprint density at radius 1 is 1.45 bits per heavy atom. The summed E-state index contributed by atoms with van der Waals surface area (Å²) in [5.41, 5.74) is 2.92.